The van der Waals surface area contributed by atoms with Crippen molar-refractivity contribution in [2.75, 3.05) is 20.1 Å². The highest BCUT2D eigenvalue weighted by molar-refractivity contribution is 5.95. The van der Waals surface area contributed by atoms with Gasteiger partial charge in [0, 0.05) is 32.7 Å². The number of aryl methyl sites for hydroxylation is 1. The lowest BCUT2D eigenvalue weighted by Crippen LogP contribution is -2.55. The smallest absolute Gasteiger partial charge is 0.408 e. The Hall–Kier alpha value is -3.92. The summed E-state index contributed by atoms with van der Waals surface area (Å²) in [6, 6.07) is 12.0. The molecule has 1 saturated heterocycles. The summed E-state index contributed by atoms with van der Waals surface area (Å²) in [5.41, 5.74) is 14.1. The van der Waals surface area contributed by atoms with Gasteiger partial charge in [0.2, 0.25) is 0 Å². The molecule has 35 heavy (non-hydrogen) atoms. The maximum atomic E-state index is 13.5. The fourth-order valence-corrected chi connectivity index (χ4v) is 4.70. The molecule has 1 fully saturated rings. The van der Waals surface area contributed by atoms with Crippen LogP contribution in [0.1, 0.15) is 48.3 Å². The first-order valence-electron chi connectivity index (χ1n) is 11.5. The fourth-order valence-electron chi connectivity index (χ4n) is 4.70. The summed E-state index contributed by atoms with van der Waals surface area (Å²) in [5, 5.41) is 17.3. The molecule has 2 amide bonds. The van der Waals surface area contributed by atoms with Crippen LogP contribution in [0.3, 0.4) is 0 Å². The van der Waals surface area contributed by atoms with E-state index in [0.29, 0.717) is 35.6 Å². The lowest BCUT2D eigenvalue weighted by atomic mass is 9.88. The van der Waals surface area contributed by atoms with Crippen molar-refractivity contribution in [2.45, 2.75) is 31.3 Å². The first-order chi connectivity index (χ1) is 16.6. The van der Waals surface area contributed by atoms with Crippen molar-refractivity contribution >= 4 is 28.9 Å². The molecule has 184 valence electrons. The molecule has 1 unspecified atom stereocenters. The van der Waals surface area contributed by atoms with E-state index < -0.39 is 17.7 Å². The van der Waals surface area contributed by atoms with Gasteiger partial charge >= 0.3 is 6.09 Å². The van der Waals surface area contributed by atoms with Gasteiger partial charge in [0.15, 0.2) is 0 Å². The summed E-state index contributed by atoms with van der Waals surface area (Å²) >= 11 is 0. The molecule has 6 N–H and O–H groups in total. The minimum Gasteiger partial charge on any atom is -0.465 e. The molecular weight excluding hydrogens is 446 g/mol. The van der Waals surface area contributed by atoms with Gasteiger partial charge in [-0.25, -0.2) is 9.78 Å². The number of fused-ring (bicyclic) bond motifs is 1. The number of carbonyl (C=O) groups excluding carboxylic acids is 1. The SMILES string of the molecule is CN(C(=O)O)C(C)(C(=O)N1CCCC1)c1ccc2c(c1)nc([C@H](N)c1ccc(C(=N)N)cc1)n2C. The van der Waals surface area contributed by atoms with Crippen molar-refractivity contribution in [1.82, 2.24) is 19.4 Å². The predicted molar refractivity (Wildman–Crippen MR) is 133 cm³/mol. The number of amides is 2. The van der Waals surface area contributed by atoms with E-state index in [0.717, 1.165) is 28.8 Å². The maximum Gasteiger partial charge on any atom is 0.408 e. The van der Waals surface area contributed by atoms with Crippen LogP contribution in [-0.4, -0.2) is 62.4 Å². The first-order valence-corrected chi connectivity index (χ1v) is 11.5. The quantitative estimate of drug-likeness (QED) is 0.316. The number of nitrogens with zero attached hydrogens (tertiary/aromatic N) is 4. The Morgan fingerprint density at radius 2 is 1.80 bits per heavy atom. The number of carboxylic acid groups (broad SMARTS) is 1. The molecule has 1 aliphatic rings. The molecule has 2 atom stereocenters. The molecule has 1 aliphatic heterocycles. The molecule has 2 aromatic carbocycles. The normalized spacial score (nSPS) is 16.2. The van der Waals surface area contributed by atoms with Crippen molar-refractivity contribution in [3.8, 4) is 0 Å². The molecule has 3 aromatic rings. The van der Waals surface area contributed by atoms with E-state index >= 15 is 0 Å². The molecule has 4 rings (SSSR count). The van der Waals surface area contributed by atoms with Crippen LogP contribution in [0.15, 0.2) is 42.5 Å². The van der Waals surface area contributed by atoms with Crippen molar-refractivity contribution in [1.29, 1.82) is 5.41 Å². The van der Waals surface area contributed by atoms with E-state index in [2.05, 4.69) is 0 Å². The number of carbonyl (C=O) groups is 2. The molecule has 0 radical (unpaired) electrons. The van der Waals surface area contributed by atoms with Crippen LogP contribution in [0.25, 0.3) is 11.0 Å². The lowest BCUT2D eigenvalue weighted by Gasteiger charge is -2.38. The maximum absolute atomic E-state index is 13.5. The molecule has 10 heteroatoms. The number of likely N-dealkylation sites (N-methyl/N-ethyl adjacent to an activating group) is 1. The zero-order valence-corrected chi connectivity index (χ0v) is 20.2. The highest BCUT2D eigenvalue weighted by atomic mass is 16.4. The van der Waals surface area contributed by atoms with Crippen LogP contribution in [0.5, 0.6) is 0 Å². The monoisotopic (exact) mass is 477 g/mol. The molecular formula is C25H31N7O3. The number of amidine groups is 1. The third kappa shape index (κ3) is 4.10. The largest absolute Gasteiger partial charge is 0.465 e. The zero-order valence-electron chi connectivity index (χ0n) is 20.2. The van der Waals surface area contributed by atoms with E-state index in [1.165, 1.54) is 7.05 Å². The molecule has 2 heterocycles. The number of hydrogen-bond acceptors (Lipinski definition) is 5. The average Bonchev–Trinajstić information content (AvgIpc) is 3.50. The van der Waals surface area contributed by atoms with Crippen LogP contribution in [0.4, 0.5) is 4.79 Å². The van der Waals surface area contributed by atoms with Crippen LogP contribution in [-0.2, 0) is 17.4 Å². The number of nitrogen functional groups attached to an aromatic ring is 1. The van der Waals surface area contributed by atoms with Gasteiger partial charge in [-0.3, -0.25) is 15.1 Å². The number of benzene rings is 2. The molecule has 0 spiro atoms. The number of imidazole rings is 1. The van der Waals surface area contributed by atoms with Crippen LogP contribution >= 0.6 is 0 Å². The Labute approximate surface area is 203 Å². The number of hydrogen-bond donors (Lipinski definition) is 4. The van der Waals surface area contributed by atoms with Gasteiger partial charge in [-0.15, -0.1) is 0 Å². The number of aromatic nitrogens is 2. The second-order valence-corrected chi connectivity index (χ2v) is 9.16. The van der Waals surface area contributed by atoms with E-state index in [-0.39, 0.29) is 11.7 Å². The molecule has 1 aromatic heterocycles. The number of nitrogens with one attached hydrogen (secondary N) is 1. The van der Waals surface area contributed by atoms with Gasteiger partial charge in [-0.05, 0) is 43.0 Å². The molecule has 10 nitrogen and oxygen atoms in total. The first kappa shape index (κ1) is 24.2. The minimum absolute atomic E-state index is 0.0155. The van der Waals surface area contributed by atoms with Gasteiger partial charge in [0.05, 0.1) is 17.1 Å². The van der Waals surface area contributed by atoms with Crippen molar-refractivity contribution in [3.63, 3.8) is 0 Å². The fraction of sp³-hybridized carbons (Fsp3) is 0.360. The van der Waals surface area contributed by atoms with Crippen LogP contribution in [0, 0.1) is 5.41 Å². The van der Waals surface area contributed by atoms with Gasteiger partial charge in [-0.2, -0.15) is 0 Å². The summed E-state index contributed by atoms with van der Waals surface area (Å²) in [4.78, 5) is 33.1. The summed E-state index contributed by atoms with van der Waals surface area (Å²) < 4.78 is 1.89. The molecule has 0 aliphatic carbocycles. The standard InChI is InChI=1S/C25H31N7O3/c1-25(31(3)24(34)35,23(33)32-12-4-5-13-32)17-10-11-19-18(14-17)29-22(30(19)2)20(26)15-6-8-16(9-7-15)21(27)28/h6-11,14,20H,4-5,12-13,26H2,1-3H3,(H3,27,28)(H,34,35)/t20-,25?/m1/s1. The van der Waals surface area contributed by atoms with Gasteiger partial charge < -0.3 is 26.0 Å². The Morgan fingerprint density at radius 1 is 1.17 bits per heavy atom. The van der Waals surface area contributed by atoms with Crippen molar-refractivity contribution in [3.05, 3.63) is 65.0 Å². The van der Waals surface area contributed by atoms with Crippen molar-refractivity contribution in [2.24, 2.45) is 18.5 Å². The minimum atomic E-state index is -1.40. The second kappa shape index (κ2) is 9.03. The van der Waals surface area contributed by atoms with Gasteiger partial charge in [0.25, 0.3) is 5.91 Å². The van der Waals surface area contributed by atoms with E-state index in [9.17, 15) is 14.7 Å². The Bertz CT molecular complexity index is 1290. The molecule has 0 bridgehead atoms. The Morgan fingerprint density at radius 3 is 2.37 bits per heavy atom. The van der Waals surface area contributed by atoms with Gasteiger partial charge in [0.1, 0.15) is 17.2 Å². The highest BCUT2D eigenvalue weighted by Crippen LogP contribution is 2.34. The van der Waals surface area contributed by atoms with Gasteiger partial charge in [-0.1, -0.05) is 30.3 Å². The highest BCUT2D eigenvalue weighted by Gasteiger charge is 2.45. The number of rotatable bonds is 6. The van der Waals surface area contributed by atoms with Crippen LogP contribution in [0.2, 0.25) is 0 Å². The summed E-state index contributed by atoms with van der Waals surface area (Å²) in [7, 11) is 3.29. The summed E-state index contributed by atoms with van der Waals surface area (Å²) in [6.45, 7) is 2.89. The lowest BCUT2D eigenvalue weighted by molar-refractivity contribution is -0.141. The van der Waals surface area contributed by atoms with E-state index in [4.69, 9.17) is 21.9 Å². The van der Waals surface area contributed by atoms with Crippen molar-refractivity contribution < 1.29 is 14.7 Å². The predicted octanol–water partition coefficient (Wildman–Crippen LogP) is 2.35. The third-order valence-corrected chi connectivity index (χ3v) is 7.10. The molecule has 0 saturated carbocycles. The Balaban J connectivity index is 1.76. The Kier molecular flexibility index (Phi) is 6.25. The number of likely N-dealkylation sites (tertiary alicyclic amines) is 1. The zero-order chi connectivity index (χ0) is 25.5. The second-order valence-electron chi connectivity index (χ2n) is 9.16. The van der Waals surface area contributed by atoms with Crippen LogP contribution < -0.4 is 11.5 Å². The van der Waals surface area contributed by atoms with E-state index in [1.54, 1.807) is 36.1 Å². The summed E-state index contributed by atoms with van der Waals surface area (Å²) in [5.74, 6) is 0.364. The third-order valence-electron chi connectivity index (χ3n) is 7.10. The average molecular weight is 478 g/mol. The topological polar surface area (TPSA) is 155 Å². The summed E-state index contributed by atoms with van der Waals surface area (Å²) in [6.07, 6.45) is 0.636. The van der Waals surface area contributed by atoms with E-state index in [1.807, 2.05) is 29.8 Å². The number of nitrogens with two attached hydrogens (primary N) is 2.